The molecule has 0 spiro atoms. The standard InChI is InChI=1S/C13H14N2O2S/c14-13(15-16)12-6-2-1-4-10(12)8-17-9-11-5-3-7-18-11/h1-7,16H,8-9H2,(H2,14,15). The second kappa shape index (κ2) is 6.18. The molecule has 3 N–H and O–H groups in total. The second-order valence-electron chi connectivity index (χ2n) is 3.71. The molecule has 5 heteroatoms. The Morgan fingerprint density at radius 2 is 2.06 bits per heavy atom. The Labute approximate surface area is 109 Å². The summed E-state index contributed by atoms with van der Waals surface area (Å²) < 4.78 is 5.62. The van der Waals surface area contributed by atoms with E-state index in [9.17, 15) is 0 Å². The van der Waals surface area contributed by atoms with Gasteiger partial charge in [-0.25, -0.2) is 0 Å². The molecule has 0 saturated carbocycles. The molecular weight excluding hydrogens is 248 g/mol. The molecule has 0 unspecified atom stereocenters. The van der Waals surface area contributed by atoms with Crippen LogP contribution < -0.4 is 5.73 Å². The topological polar surface area (TPSA) is 67.8 Å². The van der Waals surface area contributed by atoms with Gasteiger partial charge in [0.15, 0.2) is 5.84 Å². The third-order valence-corrected chi connectivity index (χ3v) is 3.33. The highest BCUT2D eigenvalue weighted by Crippen LogP contribution is 2.13. The van der Waals surface area contributed by atoms with Crippen molar-refractivity contribution in [1.82, 2.24) is 0 Å². The molecule has 0 amide bonds. The van der Waals surface area contributed by atoms with Gasteiger partial charge in [0, 0.05) is 10.4 Å². The number of rotatable bonds is 5. The molecule has 0 bridgehead atoms. The van der Waals surface area contributed by atoms with Gasteiger partial charge in [0.25, 0.3) is 0 Å². The molecule has 0 radical (unpaired) electrons. The fraction of sp³-hybridized carbons (Fsp3) is 0.154. The van der Waals surface area contributed by atoms with Crippen molar-refractivity contribution in [2.24, 2.45) is 10.9 Å². The molecule has 0 aliphatic heterocycles. The molecule has 0 aliphatic rings. The molecule has 1 heterocycles. The molecular formula is C13H14N2O2S. The average Bonchev–Trinajstić information content (AvgIpc) is 2.92. The summed E-state index contributed by atoms with van der Waals surface area (Å²) in [5, 5.41) is 13.7. The highest BCUT2D eigenvalue weighted by Gasteiger charge is 2.06. The van der Waals surface area contributed by atoms with E-state index < -0.39 is 0 Å². The summed E-state index contributed by atoms with van der Waals surface area (Å²) in [6.45, 7) is 1.01. The number of nitrogens with two attached hydrogens (primary N) is 1. The molecule has 1 aromatic carbocycles. The minimum Gasteiger partial charge on any atom is -0.409 e. The summed E-state index contributed by atoms with van der Waals surface area (Å²) >= 11 is 1.66. The van der Waals surface area contributed by atoms with E-state index in [-0.39, 0.29) is 5.84 Å². The van der Waals surface area contributed by atoms with Crippen molar-refractivity contribution in [2.45, 2.75) is 13.2 Å². The van der Waals surface area contributed by atoms with Gasteiger partial charge in [0.1, 0.15) is 0 Å². The van der Waals surface area contributed by atoms with Crippen molar-refractivity contribution < 1.29 is 9.94 Å². The molecule has 18 heavy (non-hydrogen) atoms. The van der Waals surface area contributed by atoms with E-state index in [2.05, 4.69) is 5.16 Å². The van der Waals surface area contributed by atoms with Gasteiger partial charge >= 0.3 is 0 Å². The smallest absolute Gasteiger partial charge is 0.170 e. The van der Waals surface area contributed by atoms with Crippen molar-refractivity contribution in [3.8, 4) is 0 Å². The summed E-state index contributed by atoms with van der Waals surface area (Å²) in [6, 6.07) is 11.5. The van der Waals surface area contributed by atoms with E-state index >= 15 is 0 Å². The largest absolute Gasteiger partial charge is 0.409 e. The third-order valence-electron chi connectivity index (χ3n) is 2.48. The van der Waals surface area contributed by atoms with Crippen LogP contribution in [0, 0.1) is 0 Å². The lowest BCUT2D eigenvalue weighted by Crippen LogP contribution is -2.15. The normalized spacial score (nSPS) is 11.7. The van der Waals surface area contributed by atoms with Crippen LogP contribution in [0.1, 0.15) is 16.0 Å². The van der Waals surface area contributed by atoms with Crippen molar-refractivity contribution in [1.29, 1.82) is 0 Å². The van der Waals surface area contributed by atoms with Crippen LogP contribution in [-0.2, 0) is 18.0 Å². The average molecular weight is 262 g/mol. The fourth-order valence-electron chi connectivity index (χ4n) is 1.61. The molecule has 2 rings (SSSR count). The van der Waals surface area contributed by atoms with E-state index in [1.165, 1.54) is 4.88 Å². The maximum atomic E-state index is 8.71. The number of hydrogen-bond acceptors (Lipinski definition) is 4. The zero-order chi connectivity index (χ0) is 12.8. The molecule has 94 valence electrons. The number of oxime groups is 1. The lowest BCUT2D eigenvalue weighted by Gasteiger charge is -2.08. The number of benzene rings is 1. The summed E-state index contributed by atoms with van der Waals surface area (Å²) in [6.07, 6.45) is 0. The summed E-state index contributed by atoms with van der Waals surface area (Å²) in [5.74, 6) is 0.102. The van der Waals surface area contributed by atoms with Crippen LogP contribution in [0.15, 0.2) is 46.9 Å². The predicted molar refractivity (Wildman–Crippen MR) is 71.8 cm³/mol. The Bertz CT molecular complexity index is 524. The zero-order valence-corrected chi connectivity index (χ0v) is 10.6. The van der Waals surface area contributed by atoms with Gasteiger partial charge in [-0.1, -0.05) is 35.5 Å². The molecule has 2 aromatic rings. The Morgan fingerprint density at radius 3 is 2.78 bits per heavy atom. The maximum absolute atomic E-state index is 8.71. The molecule has 0 saturated heterocycles. The maximum Gasteiger partial charge on any atom is 0.170 e. The Hall–Kier alpha value is -1.85. The van der Waals surface area contributed by atoms with E-state index in [1.54, 1.807) is 17.4 Å². The fourth-order valence-corrected chi connectivity index (χ4v) is 2.25. The highest BCUT2D eigenvalue weighted by molar-refractivity contribution is 7.09. The van der Waals surface area contributed by atoms with Gasteiger partial charge in [-0.2, -0.15) is 0 Å². The highest BCUT2D eigenvalue weighted by atomic mass is 32.1. The Balaban J connectivity index is 2.01. The van der Waals surface area contributed by atoms with Gasteiger partial charge in [0.2, 0.25) is 0 Å². The first-order valence-electron chi connectivity index (χ1n) is 5.47. The van der Waals surface area contributed by atoms with Crippen LogP contribution in [0.25, 0.3) is 0 Å². The number of nitrogens with zero attached hydrogens (tertiary/aromatic N) is 1. The minimum atomic E-state index is 0.102. The Morgan fingerprint density at radius 1 is 1.22 bits per heavy atom. The first kappa shape index (κ1) is 12.6. The van der Waals surface area contributed by atoms with E-state index in [0.29, 0.717) is 18.8 Å². The molecule has 4 nitrogen and oxygen atoms in total. The van der Waals surface area contributed by atoms with Crippen molar-refractivity contribution in [2.75, 3.05) is 0 Å². The lowest BCUT2D eigenvalue weighted by molar-refractivity contribution is 0.109. The van der Waals surface area contributed by atoms with Crippen molar-refractivity contribution >= 4 is 17.2 Å². The predicted octanol–water partition coefficient (Wildman–Crippen LogP) is 2.56. The summed E-state index contributed by atoms with van der Waals surface area (Å²) in [7, 11) is 0. The van der Waals surface area contributed by atoms with Crippen LogP contribution >= 0.6 is 11.3 Å². The van der Waals surface area contributed by atoms with Crippen molar-refractivity contribution in [3.63, 3.8) is 0 Å². The van der Waals surface area contributed by atoms with Crippen LogP contribution in [0.5, 0.6) is 0 Å². The van der Waals surface area contributed by atoms with E-state index in [4.69, 9.17) is 15.7 Å². The zero-order valence-electron chi connectivity index (χ0n) is 9.74. The molecule has 1 aromatic heterocycles. The Kier molecular flexibility index (Phi) is 4.33. The van der Waals surface area contributed by atoms with Crippen molar-refractivity contribution in [3.05, 3.63) is 57.8 Å². The number of ether oxygens (including phenoxy) is 1. The van der Waals surface area contributed by atoms with Gasteiger partial charge in [-0.15, -0.1) is 11.3 Å². The van der Waals surface area contributed by atoms with Crippen LogP contribution in [0.4, 0.5) is 0 Å². The molecule has 0 aliphatic carbocycles. The number of amidine groups is 1. The SMILES string of the molecule is NC(=NO)c1ccccc1COCc1cccs1. The first-order chi connectivity index (χ1) is 8.81. The lowest BCUT2D eigenvalue weighted by atomic mass is 10.1. The minimum absolute atomic E-state index is 0.102. The summed E-state index contributed by atoms with van der Waals surface area (Å²) in [4.78, 5) is 1.18. The van der Waals surface area contributed by atoms with Gasteiger partial charge < -0.3 is 15.7 Å². The van der Waals surface area contributed by atoms with E-state index in [0.717, 1.165) is 5.56 Å². The third kappa shape index (κ3) is 3.09. The van der Waals surface area contributed by atoms with Crippen LogP contribution in [0.2, 0.25) is 0 Å². The monoisotopic (exact) mass is 262 g/mol. The molecule has 0 atom stereocenters. The molecule has 0 fully saturated rings. The van der Waals surface area contributed by atoms with Gasteiger partial charge in [0.05, 0.1) is 13.2 Å². The number of hydrogen-bond donors (Lipinski definition) is 2. The second-order valence-corrected chi connectivity index (χ2v) is 4.75. The van der Waals surface area contributed by atoms with Gasteiger partial charge in [-0.05, 0) is 17.0 Å². The summed E-state index contributed by atoms with van der Waals surface area (Å²) in [5.41, 5.74) is 7.21. The van der Waals surface area contributed by atoms with Gasteiger partial charge in [-0.3, -0.25) is 0 Å². The van der Waals surface area contributed by atoms with E-state index in [1.807, 2.05) is 35.7 Å². The van der Waals surface area contributed by atoms with Crippen LogP contribution in [0.3, 0.4) is 0 Å². The first-order valence-corrected chi connectivity index (χ1v) is 6.35. The van der Waals surface area contributed by atoms with Crippen LogP contribution in [-0.4, -0.2) is 11.0 Å². The number of thiophene rings is 1. The quantitative estimate of drug-likeness (QED) is 0.376.